The Kier molecular flexibility index (Phi) is 5.40. The van der Waals surface area contributed by atoms with Crippen LogP contribution >= 0.6 is 12.2 Å². The van der Waals surface area contributed by atoms with Crippen LogP contribution in [0.1, 0.15) is 12.5 Å². The third kappa shape index (κ3) is 3.48. The summed E-state index contributed by atoms with van der Waals surface area (Å²) >= 11 is 5.25. The number of aliphatic carboxylic acids is 1. The van der Waals surface area contributed by atoms with Crippen molar-refractivity contribution in [2.24, 2.45) is 0 Å². The van der Waals surface area contributed by atoms with E-state index < -0.39 is 12.6 Å². The highest BCUT2D eigenvalue weighted by Gasteiger charge is 2.34. The average molecular weight is 350 g/mol. The first-order chi connectivity index (χ1) is 11.4. The largest absolute Gasteiger partial charge is 0.493 e. The zero-order chi connectivity index (χ0) is 17.9. The molecule has 7 nitrogen and oxygen atoms in total. The molecule has 1 aromatic carbocycles. The molecule has 0 unspecified atom stereocenters. The zero-order valence-electron chi connectivity index (χ0n) is 13.6. The van der Waals surface area contributed by atoms with E-state index in [1.54, 1.807) is 36.2 Å². The molecule has 1 saturated heterocycles. The summed E-state index contributed by atoms with van der Waals surface area (Å²) in [6.45, 7) is 1.90. The molecule has 1 N–H and O–H groups in total. The van der Waals surface area contributed by atoms with E-state index in [9.17, 15) is 9.59 Å². The molecule has 0 bridgehead atoms. The van der Waals surface area contributed by atoms with Crippen molar-refractivity contribution in [1.29, 1.82) is 0 Å². The maximum atomic E-state index is 12.4. The highest BCUT2D eigenvalue weighted by atomic mass is 32.1. The van der Waals surface area contributed by atoms with E-state index in [1.807, 2.05) is 6.92 Å². The number of nitrogens with zero attached hydrogens (tertiary/aromatic N) is 2. The van der Waals surface area contributed by atoms with Crippen molar-refractivity contribution in [1.82, 2.24) is 9.80 Å². The van der Waals surface area contributed by atoms with Gasteiger partial charge >= 0.3 is 5.97 Å². The molecule has 0 radical (unpaired) electrons. The molecule has 1 aromatic rings. The van der Waals surface area contributed by atoms with Crippen LogP contribution in [0.5, 0.6) is 11.5 Å². The fourth-order valence-electron chi connectivity index (χ4n) is 2.28. The van der Waals surface area contributed by atoms with Gasteiger partial charge in [0.05, 0.1) is 7.11 Å². The third-order valence-corrected chi connectivity index (χ3v) is 4.00. The predicted molar refractivity (Wildman–Crippen MR) is 91.8 cm³/mol. The number of carbonyl (C=O) groups excluding carboxylic acids is 1. The second-order valence-electron chi connectivity index (χ2n) is 5.01. The maximum Gasteiger partial charge on any atom is 0.341 e. The lowest BCUT2D eigenvalue weighted by Crippen LogP contribution is -2.30. The summed E-state index contributed by atoms with van der Waals surface area (Å²) in [7, 11) is 3.20. The Balaban J connectivity index is 2.31. The molecule has 1 aliphatic heterocycles. The van der Waals surface area contributed by atoms with Crippen LogP contribution in [0.4, 0.5) is 0 Å². The molecule has 1 aliphatic rings. The summed E-state index contributed by atoms with van der Waals surface area (Å²) in [5.74, 6) is -0.530. The minimum atomic E-state index is -1.07. The number of carbonyl (C=O) groups is 2. The molecule has 1 fully saturated rings. The van der Waals surface area contributed by atoms with Crippen LogP contribution in [-0.4, -0.2) is 59.2 Å². The molecule has 0 atom stereocenters. The number of thiocarbonyl (C=S) groups is 1. The number of benzene rings is 1. The van der Waals surface area contributed by atoms with Crippen molar-refractivity contribution in [3.63, 3.8) is 0 Å². The number of rotatable bonds is 6. The van der Waals surface area contributed by atoms with Gasteiger partial charge in [-0.3, -0.25) is 9.69 Å². The molecule has 2 rings (SSSR count). The van der Waals surface area contributed by atoms with E-state index >= 15 is 0 Å². The molecule has 0 saturated carbocycles. The lowest BCUT2D eigenvalue weighted by atomic mass is 10.1. The smallest absolute Gasteiger partial charge is 0.341 e. The Hall–Kier alpha value is -2.61. The van der Waals surface area contributed by atoms with Gasteiger partial charge in [0.2, 0.25) is 0 Å². The number of methoxy groups -OCH3 is 1. The summed E-state index contributed by atoms with van der Waals surface area (Å²) in [5, 5.41) is 9.14. The Morgan fingerprint density at radius 1 is 1.38 bits per heavy atom. The van der Waals surface area contributed by atoms with Crippen LogP contribution in [0, 0.1) is 0 Å². The molecule has 24 heavy (non-hydrogen) atoms. The fraction of sp³-hybridized carbons (Fsp3) is 0.312. The Morgan fingerprint density at radius 3 is 2.62 bits per heavy atom. The molecule has 0 spiro atoms. The van der Waals surface area contributed by atoms with Gasteiger partial charge in [0.1, 0.15) is 5.70 Å². The summed E-state index contributed by atoms with van der Waals surface area (Å²) < 4.78 is 10.4. The SMILES string of the molecule is CCN1C(=O)/C(=C/c2ccc(OCC(=O)O)c(OC)c2)N(C)C1=S. The summed E-state index contributed by atoms with van der Waals surface area (Å²) in [6.07, 6.45) is 1.70. The Labute approximate surface area is 145 Å². The van der Waals surface area contributed by atoms with E-state index in [2.05, 4.69) is 0 Å². The molecule has 128 valence electrons. The van der Waals surface area contributed by atoms with E-state index in [4.69, 9.17) is 26.8 Å². The molecule has 8 heteroatoms. The lowest BCUT2D eigenvalue weighted by molar-refractivity contribution is -0.139. The minimum Gasteiger partial charge on any atom is -0.493 e. The normalized spacial score (nSPS) is 16.0. The maximum absolute atomic E-state index is 12.4. The van der Waals surface area contributed by atoms with Crippen molar-refractivity contribution >= 4 is 35.3 Å². The van der Waals surface area contributed by atoms with Gasteiger partial charge in [-0.2, -0.15) is 0 Å². The van der Waals surface area contributed by atoms with Gasteiger partial charge in [-0.15, -0.1) is 0 Å². The van der Waals surface area contributed by atoms with E-state index in [0.29, 0.717) is 34.4 Å². The monoisotopic (exact) mass is 350 g/mol. The Bertz CT molecular complexity index is 716. The molecule has 0 aliphatic carbocycles. The highest BCUT2D eigenvalue weighted by molar-refractivity contribution is 7.80. The van der Waals surface area contributed by atoms with Crippen LogP contribution in [0.3, 0.4) is 0 Å². The number of hydrogen-bond acceptors (Lipinski definition) is 5. The molecule has 1 amide bonds. The predicted octanol–water partition coefficient (Wildman–Crippen LogP) is 1.58. The topological polar surface area (TPSA) is 79.3 Å². The first-order valence-corrected chi connectivity index (χ1v) is 7.63. The molecule has 0 aromatic heterocycles. The number of likely N-dealkylation sites (N-methyl/N-ethyl adjacent to an activating group) is 2. The molecular weight excluding hydrogens is 332 g/mol. The number of carboxylic acids is 1. The van der Waals surface area contributed by atoms with Crippen molar-refractivity contribution in [2.75, 3.05) is 27.3 Å². The van der Waals surface area contributed by atoms with Gasteiger partial charge in [0, 0.05) is 13.6 Å². The summed E-state index contributed by atoms with van der Waals surface area (Å²) in [6, 6.07) is 4.98. The number of hydrogen-bond donors (Lipinski definition) is 1. The van der Waals surface area contributed by atoms with Gasteiger partial charge in [0.25, 0.3) is 5.91 Å². The Morgan fingerprint density at radius 2 is 2.08 bits per heavy atom. The summed E-state index contributed by atoms with van der Waals surface area (Å²) in [4.78, 5) is 26.1. The second kappa shape index (κ2) is 7.31. The van der Waals surface area contributed by atoms with Crippen LogP contribution in [0.2, 0.25) is 0 Å². The van der Waals surface area contributed by atoms with E-state index in [-0.39, 0.29) is 5.91 Å². The first kappa shape index (κ1) is 17.7. The molecular formula is C16H18N2O5S. The minimum absolute atomic E-state index is 0.157. The fourth-order valence-corrected chi connectivity index (χ4v) is 2.59. The van der Waals surface area contributed by atoms with Crippen molar-refractivity contribution in [2.45, 2.75) is 6.92 Å². The van der Waals surface area contributed by atoms with Gasteiger partial charge in [-0.25, -0.2) is 4.79 Å². The first-order valence-electron chi connectivity index (χ1n) is 7.23. The van der Waals surface area contributed by atoms with Crippen LogP contribution < -0.4 is 9.47 Å². The van der Waals surface area contributed by atoms with Gasteiger partial charge < -0.3 is 19.5 Å². The molecule has 1 heterocycles. The third-order valence-electron chi connectivity index (χ3n) is 3.50. The second-order valence-corrected chi connectivity index (χ2v) is 5.38. The highest BCUT2D eigenvalue weighted by Crippen LogP contribution is 2.30. The van der Waals surface area contributed by atoms with Crippen LogP contribution in [-0.2, 0) is 9.59 Å². The van der Waals surface area contributed by atoms with E-state index in [0.717, 1.165) is 0 Å². The van der Waals surface area contributed by atoms with Gasteiger partial charge in [-0.05, 0) is 42.9 Å². The summed E-state index contributed by atoms with van der Waals surface area (Å²) in [5.41, 5.74) is 1.17. The van der Waals surface area contributed by atoms with Crippen molar-refractivity contribution in [3.8, 4) is 11.5 Å². The zero-order valence-corrected chi connectivity index (χ0v) is 14.4. The quantitative estimate of drug-likeness (QED) is 0.616. The number of ether oxygens (including phenoxy) is 2. The lowest BCUT2D eigenvalue weighted by Gasteiger charge is -2.13. The average Bonchev–Trinajstić information content (AvgIpc) is 2.76. The van der Waals surface area contributed by atoms with Crippen LogP contribution in [0.15, 0.2) is 23.9 Å². The van der Waals surface area contributed by atoms with Crippen molar-refractivity contribution < 1.29 is 24.2 Å². The number of amides is 1. The standard InChI is InChI=1S/C16H18N2O5S/c1-4-18-15(21)11(17(2)16(18)24)7-10-5-6-12(13(8-10)22-3)23-9-14(19)20/h5-8H,4,9H2,1-3H3,(H,19,20)/b11-7-. The number of carboxylic acid groups (broad SMARTS) is 1. The van der Waals surface area contributed by atoms with Crippen LogP contribution in [0.25, 0.3) is 6.08 Å². The van der Waals surface area contributed by atoms with E-state index in [1.165, 1.54) is 12.0 Å². The van der Waals surface area contributed by atoms with Crippen molar-refractivity contribution in [3.05, 3.63) is 29.5 Å². The van der Waals surface area contributed by atoms with Gasteiger partial charge in [0.15, 0.2) is 23.2 Å². The van der Waals surface area contributed by atoms with Gasteiger partial charge in [-0.1, -0.05) is 6.07 Å².